The average Bonchev–Trinajstić information content (AvgIpc) is 2.94. The molecule has 0 spiro atoms. The number of anilines is 1. The summed E-state index contributed by atoms with van der Waals surface area (Å²) in [5, 5.41) is 10.4. The second-order valence-corrected chi connectivity index (χ2v) is 7.36. The molecule has 0 radical (unpaired) electrons. The number of carbonyl (C=O) groups excluding carboxylic acids is 1. The van der Waals surface area contributed by atoms with Gasteiger partial charge in [-0.25, -0.2) is 17.2 Å². The van der Waals surface area contributed by atoms with E-state index in [4.69, 9.17) is 16.7 Å². The van der Waals surface area contributed by atoms with Crippen LogP contribution in [-0.2, 0) is 19.6 Å². The number of nitrogens with zero attached hydrogens (tertiary/aromatic N) is 1. The van der Waals surface area contributed by atoms with Gasteiger partial charge in [0, 0.05) is 19.5 Å². The Morgan fingerprint density at radius 1 is 1.42 bits per heavy atom. The summed E-state index contributed by atoms with van der Waals surface area (Å²) in [7, 11) is -4.76. The molecule has 1 aliphatic rings. The number of carboxylic acids is 1. The molecule has 1 fully saturated rings. The Morgan fingerprint density at radius 3 is 2.58 bits per heavy atom. The maximum atomic E-state index is 14.4. The summed E-state index contributed by atoms with van der Waals surface area (Å²) in [5.41, 5.74) is -0.422. The lowest BCUT2D eigenvalue weighted by Gasteiger charge is -2.22. The molecule has 1 aromatic carbocycles. The van der Waals surface area contributed by atoms with Crippen LogP contribution in [0.3, 0.4) is 0 Å². The van der Waals surface area contributed by atoms with E-state index in [0.29, 0.717) is 10.4 Å². The molecule has 7 nitrogen and oxygen atoms in total. The molecule has 0 aromatic heterocycles. The molecule has 0 bridgehead atoms. The fraction of sp³-hybridized carbons (Fsp3) is 0.385. The Morgan fingerprint density at radius 2 is 2.04 bits per heavy atom. The van der Waals surface area contributed by atoms with E-state index in [1.165, 1.54) is 0 Å². The van der Waals surface area contributed by atoms with E-state index in [0.717, 1.165) is 6.92 Å². The number of amides is 1. The Hall–Kier alpha value is -1.78. The number of halogens is 3. The van der Waals surface area contributed by atoms with Crippen molar-refractivity contribution in [2.45, 2.75) is 30.7 Å². The topological polar surface area (TPSA) is 104 Å². The smallest absolute Gasteiger partial charge is 0.322 e. The molecule has 1 aromatic rings. The maximum Gasteiger partial charge on any atom is 0.322 e. The number of hydrogen-bond acceptors (Lipinski definition) is 4. The van der Waals surface area contributed by atoms with Gasteiger partial charge in [0.25, 0.3) is 0 Å². The van der Waals surface area contributed by atoms with Crippen molar-refractivity contribution in [2.75, 3.05) is 11.9 Å². The maximum absolute atomic E-state index is 14.4. The van der Waals surface area contributed by atoms with E-state index in [1.54, 1.807) is 0 Å². The van der Waals surface area contributed by atoms with Crippen molar-refractivity contribution in [1.29, 1.82) is 0 Å². The largest absolute Gasteiger partial charge is 0.480 e. The predicted molar refractivity (Wildman–Crippen MR) is 80.2 cm³/mol. The highest BCUT2D eigenvalue weighted by atomic mass is 35.5. The van der Waals surface area contributed by atoms with Crippen LogP contribution in [0.25, 0.3) is 0 Å². The lowest BCUT2D eigenvalue weighted by molar-refractivity contribution is -0.140. The molecule has 1 amide bonds. The van der Waals surface area contributed by atoms with Crippen molar-refractivity contribution in [3.8, 4) is 0 Å². The van der Waals surface area contributed by atoms with Gasteiger partial charge >= 0.3 is 5.97 Å². The molecular formula is C13H13ClF2N2O5S. The number of hydrogen-bond donors (Lipinski definition) is 2. The highest BCUT2D eigenvalue weighted by Gasteiger charge is 2.42. The Kier molecular flexibility index (Phi) is 5.11. The Bertz CT molecular complexity index is 815. The van der Waals surface area contributed by atoms with Gasteiger partial charge in [-0.2, -0.15) is 4.31 Å². The fourth-order valence-corrected chi connectivity index (χ4v) is 4.51. The summed E-state index contributed by atoms with van der Waals surface area (Å²) in [6.45, 7) is 0.904. The van der Waals surface area contributed by atoms with Gasteiger partial charge in [0.15, 0.2) is 10.7 Å². The van der Waals surface area contributed by atoms with Crippen LogP contribution in [0.1, 0.15) is 19.8 Å². The van der Waals surface area contributed by atoms with Gasteiger partial charge in [-0.05, 0) is 12.8 Å². The molecule has 2 rings (SSSR count). The Labute approximate surface area is 141 Å². The van der Waals surface area contributed by atoms with Crippen molar-refractivity contribution in [3.63, 3.8) is 0 Å². The predicted octanol–water partition coefficient (Wildman–Crippen LogP) is 1.81. The first-order chi connectivity index (χ1) is 11.1. The van der Waals surface area contributed by atoms with Crippen LogP contribution in [-0.4, -0.2) is 42.3 Å². The van der Waals surface area contributed by atoms with Crippen molar-refractivity contribution in [2.24, 2.45) is 0 Å². The van der Waals surface area contributed by atoms with Gasteiger partial charge in [-0.15, -0.1) is 0 Å². The molecule has 2 N–H and O–H groups in total. The summed E-state index contributed by atoms with van der Waals surface area (Å²) in [5.74, 6) is -5.12. The third kappa shape index (κ3) is 3.21. The number of benzene rings is 1. The normalized spacial score (nSPS) is 18.6. The van der Waals surface area contributed by atoms with E-state index < -0.39 is 55.2 Å². The molecule has 0 saturated carbocycles. The minimum atomic E-state index is -4.76. The van der Waals surface area contributed by atoms with E-state index in [1.807, 2.05) is 0 Å². The minimum absolute atomic E-state index is 0.0372. The lowest BCUT2D eigenvalue weighted by Crippen LogP contribution is -2.41. The standard InChI is InChI=1S/C13H13ClF2N2O5S/c1-6(19)17-8-5-7(15)12(11(16)10(8)14)24(22,23)18-4-2-3-9(18)13(20)21/h5,9H,2-4H2,1H3,(H,17,19)(H,20,21). The first kappa shape index (κ1) is 18.6. The molecule has 1 aliphatic heterocycles. The quantitative estimate of drug-likeness (QED) is 0.773. The molecule has 24 heavy (non-hydrogen) atoms. The number of carbonyl (C=O) groups is 2. The van der Waals surface area contributed by atoms with E-state index in [9.17, 15) is 26.8 Å². The van der Waals surface area contributed by atoms with Crippen LogP contribution in [0, 0.1) is 11.6 Å². The zero-order valence-corrected chi connectivity index (χ0v) is 13.9. The van der Waals surface area contributed by atoms with Crippen molar-refractivity contribution >= 4 is 39.2 Å². The molecule has 0 aliphatic carbocycles. The van der Waals surface area contributed by atoms with Crippen LogP contribution in [0.4, 0.5) is 14.5 Å². The average molecular weight is 383 g/mol. The van der Waals surface area contributed by atoms with Gasteiger partial charge in [-0.1, -0.05) is 11.6 Å². The number of carboxylic acid groups (broad SMARTS) is 1. The summed E-state index contributed by atoms with van der Waals surface area (Å²) in [6, 6.07) is -0.825. The highest BCUT2D eigenvalue weighted by Crippen LogP contribution is 2.35. The number of aliphatic carboxylic acids is 1. The number of sulfonamides is 1. The van der Waals surface area contributed by atoms with Gasteiger partial charge in [0.1, 0.15) is 16.9 Å². The van der Waals surface area contributed by atoms with Crippen LogP contribution >= 0.6 is 11.6 Å². The monoisotopic (exact) mass is 382 g/mol. The molecule has 1 saturated heterocycles. The zero-order chi connectivity index (χ0) is 18.2. The fourth-order valence-electron chi connectivity index (χ4n) is 2.49. The second-order valence-electron chi connectivity index (χ2n) is 5.16. The van der Waals surface area contributed by atoms with Gasteiger partial charge in [-0.3, -0.25) is 9.59 Å². The van der Waals surface area contributed by atoms with Crippen LogP contribution in [0.2, 0.25) is 5.02 Å². The van der Waals surface area contributed by atoms with Crippen molar-refractivity contribution in [1.82, 2.24) is 4.31 Å². The molecular weight excluding hydrogens is 370 g/mol. The summed E-state index contributed by atoms with van der Waals surface area (Å²) >= 11 is 5.67. The number of nitrogens with one attached hydrogen (secondary N) is 1. The van der Waals surface area contributed by atoms with Crippen molar-refractivity contribution < 1.29 is 31.9 Å². The summed E-state index contributed by atoms with van der Waals surface area (Å²) < 4.78 is 54.1. The highest BCUT2D eigenvalue weighted by molar-refractivity contribution is 7.89. The molecule has 1 atom stereocenters. The first-order valence-electron chi connectivity index (χ1n) is 6.77. The SMILES string of the molecule is CC(=O)Nc1cc(F)c(S(=O)(=O)N2CCCC2C(=O)O)c(F)c1Cl. The summed E-state index contributed by atoms with van der Waals surface area (Å²) in [6.07, 6.45) is 0.284. The van der Waals surface area contributed by atoms with E-state index >= 15 is 0 Å². The summed E-state index contributed by atoms with van der Waals surface area (Å²) in [4.78, 5) is 20.8. The van der Waals surface area contributed by atoms with E-state index in [2.05, 4.69) is 5.32 Å². The molecule has 132 valence electrons. The van der Waals surface area contributed by atoms with Crippen LogP contribution in [0.5, 0.6) is 0 Å². The van der Waals surface area contributed by atoms with Gasteiger partial charge in [0.2, 0.25) is 15.9 Å². The third-order valence-corrected chi connectivity index (χ3v) is 5.80. The second kappa shape index (κ2) is 6.61. The van der Waals surface area contributed by atoms with Crippen LogP contribution < -0.4 is 5.32 Å². The molecule has 1 unspecified atom stereocenters. The van der Waals surface area contributed by atoms with Crippen LogP contribution in [0.15, 0.2) is 11.0 Å². The Balaban J connectivity index is 2.57. The number of rotatable bonds is 4. The molecule has 11 heteroatoms. The lowest BCUT2D eigenvalue weighted by atomic mass is 10.2. The van der Waals surface area contributed by atoms with E-state index in [-0.39, 0.29) is 19.4 Å². The first-order valence-corrected chi connectivity index (χ1v) is 8.59. The third-order valence-electron chi connectivity index (χ3n) is 3.48. The van der Waals surface area contributed by atoms with Crippen molar-refractivity contribution in [3.05, 3.63) is 22.7 Å². The minimum Gasteiger partial charge on any atom is -0.480 e. The molecule has 1 heterocycles. The van der Waals surface area contributed by atoms with Gasteiger partial charge < -0.3 is 10.4 Å². The van der Waals surface area contributed by atoms with Gasteiger partial charge in [0.05, 0.1) is 5.69 Å². The zero-order valence-electron chi connectivity index (χ0n) is 12.3.